The van der Waals surface area contributed by atoms with E-state index in [2.05, 4.69) is 35.6 Å². The molecule has 4 N–H and O–H groups in total. The van der Waals surface area contributed by atoms with Crippen LogP contribution in [0.1, 0.15) is 24.3 Å². The molecule has 7 nitrogen and oxygen atoms in total. The molecule has 27 heavy (non-hydrogen) atoms. The van der Waals surface area contributed by atoms with Gasteiger partial charge in [-0.15, -0.1) is 0 Å². The van der Waals surface area contributed by atoms with Crippen molar-refractivity contribution in [2.75, 3.05) is 26.4 Å². The highest BCUT2D eigenvalue weighted by atomic mass is 16.7. The number of nitrogens with one attached hydrogen (secondary N) is 1. The first-order valence-electron chi connectivity index (χ1n) is 9.18. The van der Waals surface area contributed by atoms with E-state index in [0.29, 0.717) is 32.6 Å². The van der Waals surface area contributed by atoms with Crippen LogP contribution in [-0.4, -0.2) is 50.1 Å². The number of ether oxygens (including phenoxy) is 3. The molecule has 0 aromatic heterocycles. The second-order valence-electron chi connectivity index (χ2n) is 6.60. The van der Waals surface area contributed by atoms with Crippen molar-refractivity contribution in [3.8, 4) is 0 Å². The third-order valence-corrected chi connectivity index (χ3v) is 4.50. The van der Waals surface area contributed by atoms with E-state index in [1.807, 2.05) is 12.1 Å². The van der Waals surface area contributed by atoms with Gasteiger partial charge in [-0.1, -0.05) is 42.5 Å². The normalized spacial score (nSPS) is 21.0. The molecule has 146 valence electrons. The van der Waals surface area contributed by atoms with E-state index in [9.17, 15) is 4.79 Å². The molecular weight excluding hydrogens is 348 g/mol. The second-order valence-corrected chi connectivity index (χ2v) is 6.60. The quantitative estimate of drug-likeness (QED) is 0.506. The number of aliphatic hydroxyl groups is 1. The minimum Gasteiger partial charge on any atom is -0.445 e. The average Bonchev–Trinajstić information content (AvgIpc) is 2.70. The van der Waals surface area contributed by atoms with Gasteiger partial charge in [-0.3, -0.25) is 0 Å². The van der Waals surface area contributed by atoms with Crippen LogP contribution in [0.5, 0.6) is 0 Å². The molecule has 0 aliphatic carbocycles. The molecule has 2 aromatic carbocycles. The average molecular weight is 374 g/mol. The summed E-state index contributed by atoms with van der Waals surface area (Å²) in [4.78, 5) is 11.3. The molecule has 2 aromatic rings. The molecule has 1 aliphatic heterocycles. The number of fused-ring (bicyclic) bond motifs is 1. The van der Waals surface area contributed by atoms with Gasteiger partial charge in [0.25, 0.3) is 0 Å². The molecule has 0 radical (unpaired) electrons. The lowest BCUT2D eigenvalue weighted by atomic mass is 9.94. The zero-order chi connectivity index (χ0) is 19.1. The zero-order valence-electron chi connectivity index (χ0n) is 15.2. The standard InChI is InChI=1S/C20H26N2O5/c21-18(23)13-27-20(24)22-10-4-9-19-25-11-15(12-26-19)17-8-3-6-14-5-1-2-7-16(14)17/h1-3,5-8,15,18-19,23H,4,9-13,21H2,(H,22,24). The van der Waals surface area contributed by atoms with Crippen LogP contribution in [0, 0.1) is 0 Å². The number of alkyl carbamates (subject to hydrolysis) is 1. The number of rotatable bonds is 7. The first-order chi connectivity index (χ1) is 13.1. The van der Waals surface area contributed by atoms with Crippen molar-refractivity contribution in [2.24, 2.45) is 5.73 Å². The van der Waals surface area contributed by atoms with E-state index >= 15 is 0 Å². The van der Waals surface area contributed by atoms with Gasteiger partial charge in [0, 0.05) is 18.9 Å². The molecule has 1 atom stereocenters. The van der Waals surface area contributed by atoms with Gasteiger partial charge in [0.1, 0.15) is 12.8 Å². The van der Waals surface area contributed by atoms with E-state index < -0.39 is 12.3 Å². The van der Waals surface area contributed by atoms with E-state index in [0.717, 1.165) is 0 Å². The first-order valence-corrected chi connectivity index (χ1v) is 9.18. The fraction of sp³-hybridized carbons (Fsp3) is 0.450. The SMILES string of the molecule is NC(O)COC(=O)NCCCC1OCC(c2cccc3ccccc23)CO1. The fourth-order valence-corrected chi connectivity index (χ4v) is 3.17. The third-order valence-electron chi connectivity index (χ3n) is 4.50. The maximum Gasteiger partial charge on any atom is 0.407 e. The van der Waals surface area contributed by atoms with Crippen LogP contribution in [-0.2, 0) is 14.2 Å². The van der Waals surface area contributed by atoms with Crippen molar-refractivity contribution >= 4 is 16.9 Å². The molecule has 7 heteroatoms. The molecule has 1 unspecified atom stereocenters. The number of hydrogen-bond acceptors (Lipinski definition) is 6. The van der Waals surface area contributed by atoms with Crippen molar-refractivity contribution < 1.29 is 24.1 Å². The number of carbonyl (C=O) groups excluding carboxylic acids is 1. The maximum absolute atomic E-state index is 11.3. The van der Waals surface area contributed by atoms with Gasteiger partial charge in [-0.25, -0.2) is 4.79 Å². The van der Waals surface area contributed by atoms with Crippen LogP contribution in [0.4, 0.5) is 4.79 Å². The summed E-state index contributed by atoms with van der Waals surface area (Å²) in [6, 6.07) is 14.6. The first kappa shape index (κ1) is 19.6. The van der Waals surface area contributed by atoms with E-state index in [-0.39, 0.29) is 18.8 Å². The smallest absolute Gasteiger partial charge is 0.407 e. The highest BCUT2D eigenvalue weighted by Gasteiger charge is 2.24. The van der Waals surface area contributed by atoms with E-state index in [1.165, 1.54) is 16.3 Å². The molecule has 1 heterocycles. The summed E-state index contributed by atoms with van der Waals surface area (Å²) in [6.45, 7) is 1.44. The van der Waals surface area contributed by atoms with Gasteiger partial charge in [0.2, 0.25) is 0 Å². The van der Waals surface area contributed by atoms with Gasteiger partial charge < -0.3 is 30.4 Å². The summed E-state index contributed by atoms with van der Waals surface area (Å²) in [7, 11) is 0. The number of nitrogens with two attached hydrogens (primary N) is 1. The van der Waals surface area contributed by atoms with E-state index in [1.54, 1.807) is 0 Å². The highest BCUT2D eigenvalue weighted by Crippen LogP contribution is 2.29. The molecular formula is C20H26N2O5. The molecule has 1 saturated heterocycles. The van der Waals surface area contributed by atoms with Crippen molar-refractivity contribution in [3.05, 3.63) is 48.0 Å². The van der Waals surface area contributed by atoms with Crippen molar-refractivity contribution in [1.82, 2.24) is 5.32 Å². The fourth-order valence-electron chi connectivity index (χ4n) is 3.17. The summed E-state index contributed by atoms with van der Waals surface area (Å²) in [5.74, 6) is 0.211. The summed E-state index contributed by atoms with van der Waals surface area (Å²) in [5, 5.41) is 13.9. The predicted molar refractivity (Wildman–Crippen MR) is 101 cm³/mol. The summed E-state index contributed by atoms with van der Waals surface area (Å²) >= 11 is 0. The largest absolute Gasteiger partial charge is 0.445 e. The Morgan fingerprint density at radius 1 is 1.22 bits per heavy atom. The van der Waals surface area contributed by atoms with Crippen LogP contribution in [0.3, 0.4) is 0 Å². The number of carbonyl (C=O) groups is 1. The Labute approximate surface area is 158 Å². The Kier molecular flexibility index (Phi) is 7.00. The second kappa shape index (κ2) is 9.66. The van der Waals surface area contributed by atoms with Gasteiger partial charge in [0.05, 0.1) is 13.2 Å². The Balaban J connectivity index is 1.40. The third kappa shape index (κ3) is 5.64. The Morgan fingerprint density at radius 2 is 1.96 bits per heavy atom. The van der Waals surface area contributed by atoms with Gasteiger partial charge in [-0.05, 0) is 22.8 Å². The molecule has 1 amide bonds. The van der Waals surface area contributed by atoms with Gasteiger partial charge in [-0.2, -0.15) is 0 Å². The molecule has 0 bridgehead atoms. The molecule has 1 aliphatic rings. The van der Waals surface area contributed by atoms with Crippen molar-refractivity contribution in [3.63, 3.8) is 0 Å². The molecule has 1 fully saturated rings. The zero-order valence-corrected chi connectivity index (χ0v) is 15.2. The number of benzene rings is 2. The maximum atomic E-state index is 11.3. The monoisotopic (exact) mass is 374 g/mol. The summed E-state index contributed by atoms with van der Waals surface area (Å²) < 4.78 is 16.4. The molecule has 0 spiro atoms. The van der Waals surface area contributed by atoms with Crippen LogP contribution >= 0.6 is 0 Å². The summed E-state index contributed by atoms with van der Waals surface area (Å²) in [6.07, 6.45) is -0.637. The number of amides is 1. The van der Waals surface area contributed by atoms with Crippen LogP contribution in [0.15, 0.2) is 42.5 Å². The Bertz CT molecular complexity index is 739. The lowest BCUT2D eigenvalue weighted by molar-refractivity contribution is -0.189. The topological polar surface area (TPSA) is 103 Å². The van der Waals surface area contributed by atoms with Crippen molar-refractivity contribution in [2.45, 2.75) is 31.3 Å². The van der Waals surface area contributed by atoms with E-state index in [4.69, 9.17) is 25.1 Å². The number of hydrogen-bond donors (Lipinski definition) is 3. The van der Waals surface area contributed by atoms with Crippen molar-refractivity contribution in [1.29, 1.82) is 0 Å². The van der Waals surface area contributed by atoms with Crippen LogP contribution in [0.2, 0.25) is 0 Å². The molecule has 3 rings (SSSR count). The van der Waals surface area contributed by atoms with Crippen LogP contribution in [0.25, 0.3) is 10.8 Å². The summed E-state index contributed by atoms with van der Waals surface area (Å²) in [5.41, 5.74) is 6.34. The lowest BCUT2D eigenvalue weighted by Gasteiger charge is -2.30. The minimum atomic E-state index is -1.16. The highest BCUT2D eigenvalue weighted by molar-refractivity contribution is 5.86. The lowest BCUT2D eigenvalue weighted by Crippen LogP contribution is -2.33. The predicted octanol–water partition coefficient (Wildman–Crippen LogP) is 2.08. The minimum absolute atomic E-state index is 0.211. The number of aliphatic hydroxyl groups excluding tert-OH is 1. The van der Waals surface area contributed by atoms with Gasteiger partial charge >= 0.3 is 6.09 Å². The Morgan fingerprint density at radius 3 is 2.74 bits per heavy atom. The molecule has 0 saturated carbocycles. The van der Waals surface area contributed by atoms with Crippen LogP contribution < -0.4 is 11.1 Å². The Hall–Kier alpha value is -2.19. The van der Waals surface area contributed by atoms with Gasteiger partial charge in [0.15, 0.2) is 6.29 Å².